The summed E-state index contributed by atoms with van der Waals surface area (Å²) in [6, 6.07) is 2.82. The fraction of sp³-hybridized carbons (Fsp3) is 0.462. The van der Waals surface area contributed by atoms with Crippen molar-refractivity contribution in [2.75, 3.05) is 19.8 Å². The SMILES string of the molecule is O=C(NC1(CO)CCOCC1)c1ccc([N+](=O)[O-])cc1F. The minimum Gasteiger partial charge on any atom is -0.394 e. The van der Waals surface area contributed by atoms with Crippen molar-refractivity contribution in [2.45, 2.75) is 18.4 Å². The van der Waals surface area contributed by atoms with E-state index in [1.807, 2.05) is 0 Å². The third kappa shape index (κ3) is 3.34. The molecular weight excluding hydrogens is 283 g/mol. The summed E-state index contributed by atoms with van der Waals surface area (Å²) in [6.07, 6.45) is 0.841. The molecule has 0 aromatic heterocycles. The van der Waals surface area contributed by atoms with Gasteiger partial charge >= 0.3 is 0 Å². The van der Waals surface area contributed by atoms with Gasteiger partial charge < -0.3 is 15.2 Å². The number of ether oxygens (including phenoxy) is 1. The number of benzene rings is 1. The van der Waals surface area contributed by atoms with Crippen molar-refractivity contribution in [1.29, 1.82) is 0 Å². The van der Waals surface area contributed by atoms with Gasteiger partial charge in [0.2, 0.25) is 0 Å². The van der Waals surface area contributed by atoms with Crippen molar-refractivity contribution >= 4 is 11.6 Å². The smallest absolute Gasteiger partial charge is 0.272 e. The number of nitrogens with zero attached hydrogens (tertiary/aromatic N) is 1. The van der Waals surface area contributed by atoms with E-state index in [2.05, 4.69) is 5.32 Å². The van der Waals surface area contributed by atoms with Crippen LogP contribution in [0.15, 0.2) is 18.2 Å². The quantitative estimate of drug-likeness (QED) is 0.638. The Morgan fingerprint density at radius 1 is 1.48 bits per heavy atom. The maximum absolute atomic E-state index is 13.8. The molecule has 1 aromatic rings. The number of non-ortho nitro benzene ring substituents is 1. The van der Waals surface area contributed by atoms with Gasteiger partial charge in [-0.25, -0.2) is 4.39 Å². The first-order chi connectivity index (χ1) is 9.97. The molecule has 1 aliphatic rings. The number of aliphatic hydroxyl groups is 1. The molecule has 1 amide bonds. The summed E-state index contributed by atoms with van der Waals surface area (Å²) in [5, 5.41) is 22.6. The molecule has 0 aliphatic carbocycles. The predicted octanol–water partition coefficient (Wildman–Crippen LogP) is 1.01. The van der Waals surface area contributed by atoms with E-state index < -0.39 is 27.9 Å². The maximum atomic E-state index is 13.8. The summed E-state index contributed by atoms with van der Waals surface area (Å²) in [6.45, 7) is 0.504. The number of carbonyl (C=O) groups excluding carboxylic acids is 1. The van der Waals surface area contributed by atoms with Crippen molar-refractivity contribution in [3.05, 3.63) is 39.7 Å². The summed E-state index contributed by atoms with van der Waals surface area (Å²) in [5.74, 6) is -1.68. The molecule has 0 radical (unpaired) electrons. The van der Waals surface area contributed by atoms with Gasteiger partial charge in [0.25, 0.3) is 11.6 Å². The highest BCUT2D eigenvalue weighted by Gasteiger charge is 2.34. The van der Waals surface area contributed by atoms with E-state index in [9.17, 15) is 24.4 Å². The van der Waals surface area contributed by atoms with Crippen LogP contribution >= 0.6 is 0 Å². The highest BCUT2D eigenvalue weighted by atomic mass is 19.1. The van der Waals surface area contributed by atoms with Gasteiger partial charge in [-0.05, 0) is 18.9 Å². The van der Waals surface area contributed by atoms with Crippen molar-refractivity contribution in [1.82, 2.24) is 5.32 Å². The molecule has 0 saturated carbocycles. The number of nitrogens with one attached hydrogen (secondary N) is 1. The van der Waals surface area contributed by atoms with Crippen molar-refractivity contribution in [3.8, 4) is 0 Å². The van der Waals surface area contributed by atoms with Crippen LogP contribution in [0.4, 0.5) is 10.1 Å². The molecule has 0 spiro atoms. The van der Waals surface area contributed by atoms with Gasteiger partial charge in [0.05, 0.1) is 28.7 Å². The molecule has 2 N–H and O–H groups in total. The van der Waals surface area contributed by atoms with Crippen LogP contribution in [-0.2, 0) is 4.74 Å². The first-order valence-corrected chi connectivity index (χ1v) is 6.42. The molecule has 0 atom stereocenters. The van der Waals surface area contributed by atoms with Crippen LogP contribution in [0.3, 0.4) is 0 Å². The zero-order chi connectivity index (χ0) is 15.5. The van der Waals surface area contributed by atoms with E-state index in [1.165, 1.54) is 0 Å². The maximum Gasteiger partial charge on any atom is 0.272 e. The number of halogens is 1. The summed E-state index contributed by atoms with van der Waals surface area (Å²) < 4.78 is 19.0. The van der Waals surface area contributed by atoms with E-state index in [1.54, 1.807) is 0 Å². The molecule has 0 unspecified atom stereocenters. The Morgan fingerprint density at radius 2 is 2.14 bits per heavy atom. The third-order valence-electron chi connectivity index (χ3n) is 3.54. The standard InChI is InChI=1S/C13H15FN2O5/c14-11-7-9(16(19)20)1-2-10(11)12(18)15-13(8-17)3-5-21-6-4-13/h1-2,7,17H,3-6,8H2,(H,15,18). The fourth-order valence-electron chi connectivity index (χ4n) is 2.19. The van der Waals surface area contributed by atoms with Crippen molar-refractivity contribution in [3.63, 3.8) is 0 Å². The lowest BCUT2D eigenvalue weighted by molar-refractivity contribution is -0.385. The Labute approximate surface area is 119 Å². The Balaban J connectivity index is 2.18. The number of rotatable bonds is 4. The van der Waals surface area contributed by atoms with Crippen LogP contribution in [0, 0.1) is 15.9 Å². The van der Waals surface area contributed by atoms with Crippen molar-refractivity contribution < 1.29 is 24.0 Å². The van der Waals surface area contributed by atoms with Gasteiger partial charge in [-0.1, -0.05) is 0 Å². The third-order valence-corrected chi connectivity index (χ3v) is 3.54. The van der Waals surface area contributed by atoms with Gasteiger partial charge in [0.1, 0.15) is 5.82 Å². The molecule has 8 heteroatoms. The second-order valence-electron chi connectivity index (χ2n) is 4.93. The highest BCUT2D eigenvalue weighted by molar-refractivity contribution is 5.95. The van der Waals surface area contributed by atoms with E-state index >= 15 is 0 Å². The number of nitro groups is 1. The average molecular weight is 298 g/mol. The second kappa shape index (κ2) is 6.15. The van der Waals surface area contributed by atoms with E-state index in [-0.39, 0.29) is 12.2 Å². The molecule has 0 bridgehead atoms. The summed E-state index contributed by atoms with van der Waals surface area (Å²) in [4.78, 5) is 21.9. The molecule has 1 aliphatic heterocycles. The predicted molar refractivity (Wildman–Crippen MR) is 70.4 cm³/mol. The van der Waals surface area contributed by atoms with Crippen LogP contribution in [0.2, 0.25) is 0 Å². The number of hydrogen-bond acceptors (Lipinski definition) is 5. The number of aliphatic hydroxyl groups excluding tert-OH is 1. The first kappa shape index (κ1) is 15.3. The summed E-state index contributed by atoms with van der Waals surface area (Å²) >= 11 is 0. The van der Waals surface area contributed by atoms with Gasteiger partial charge in [-0.3, -0.25) is 14.9 Å². The number of nitro benzene ring substituents is 1. The van der Waals surface area contributed by atoms with E-state index in [4.69, 9.17) is 4.74 Å². The molecule has 7 nitrogen and oxygen atoms in total. The lowest BCUT2D eigenvalue weighted by Crippen LogP contribution is -2.54. The zero-order valence-electron chi connectivity index (χ0n) is 11.2. The molecule has 21 heavy (non-hydrogen) atoms. The van der Waals surface area contributed by atoms with Crippen LogP contribution in [0.1, 0.15) is 23.2 Å². The summed E-state index contributed by atoms with van der Waals surface area (Å²) in [7, 11) is 0. The Kier molecular flexibility index (Phi) is 4.49. The molecule has 114 valence electrons. The highest BCUT2D eigenvalue weighted by Crippen LogP contribution is 2.22. The van der Waals surface area contributed by atoms with E-state index in [0.717, 1.165) is 12.1 Å². The van der Waals surface area contributed by atoms with Crippen LogP contribution in [-0.4, -0.2) is 41.3 Å². The minimum atomic E-state index is -0.971. The van der Waals surface area contributed by atoms with Gasteiger partial charge in [-0.15, -0.1) is 0 Å². The molecule has 1 heterocycles. The Morgan fingerprint density at radius 3 is 2.67 bits per heavy atom. The normalized spacial score (nSPS) is 17.2. The topological polar surface area (TPSA) is 102 Å². The Hall–Kier alpha value is -2.06. The monoisotopic (exact) mass is 298 g/mol. The molecule has 1 aromatic carbocycles. The number of amides is 1. The lowest BCUT2D eigenvalue weighted by atomic mass is 9.90. The first-order valence-electron chi connectivity index (χ1n) is 6.42. The second-order valence-corrected chi connectivity index (χ2v) is 4.93. The largest absolute Gasteiger partial charge is 0.394 e. The molecule has 2 rings (SSSR count). The van der Waals surface area contributed by atoms with Gasteiger partial charge in [-0.2, -0.15) is 0 Å². The molecule has 1 fully saturated rings. The fourth-order valence-corrected chi connectivity index (χ4v) is 2.19. The average Bonchev–Trinajstić information content (AvgIpc) is 2.47. The lowest BCUT2D eigenvalue weighted by Gasteiger charge is -2.36. The number of carbonyl (C=O) groups is 1. The van der Waals surface area contributed by atoms with E-state index in [0.29, 0.717) is 32.1 Å². The van der Waals surface area contributed by atoms with Crippen LogP contribution < -0.4 is 5.32 Å². The van der Waals surface area contributed by atoms with Gasteiger partial charge in [0, 0.05) is 19.3 Å². The molecular formula is C13H15FN2O5. The molecule has 1 saturated heterocycles. The van der Waals surface area contributed by atoms with Crippen LogP contribution in [0.25, 0.3) is 0 Å². The Bertz CT molecular complexity index is 557. The van der Waals surface area contributed by atoms with Crippen LogP contribution in [0.5, 0.6) is 0 Å². The van der Waals surface area contributed by atoms with Crippen molar-refractivity contribution in [2.24, 2.45) is 0 Å². The summed E-state index contributed by atoms with van der Waals surface area (Å²) in [5.41, 5.74) is -1.56. The zero-order valence-corrected chi connectivity index (χ0v) is 11.2. The minimum absolute atomic E-state index is 0.281. The van der Waals surface area contributed by atoms with Gasteiger partial charge in [0.15, 0.2) is 0 Å². The number of hydrogen-bond donors (Lipinski definition) is 2.